The van der Waals surface area contributed by atoms with Crippen molar-refractivity contribution in [2.45, 2.75) is 59.2 Å². The Morgan fingerprint density at radius 1 is 1.42 bits per heavy atom. The summed E-state index contributed by atoms with van der Waals surface area (Å²) < 4.78 is 5.70. The Hall–Kier alpha value is -0.800. The van der Waals surface area contributed by atoms with Crippen LogP contribution in [-0.2, 0) is 13.1 Å². The van der Waals surface area contributed by atoms with Gasteiger partial charge in [-0.15, -0.1) is 0 Å². The van der Waals surface area contributed by atoms with Gasteiger partial charge in [0.15, 0.2) is 0 Å². The van der Waals surface area contributed by atoms with E-state index in [0.717, 1.165) is 37.4 Å². The molecule has 1 heterocycles. The molecule has 1 aromatic rings. The second-order valence-electron chi connectivity index (χ2n) is 6.03. The number of hydrogen-bond donors (Lipinski definition) is 1. The fraction of sp³-hybridized carbons (Fsp3) is 0.750. The van der Waals surface area contributed by atoms with Crippen molar-refractivity contribution in [2.24, 2.45) is 5.92 Å². The van der Waals surface area contributed by atoms with Gasteiger partial charge in [0.2, 0.25) is 0 Å². The van der Waals surface area contributed by atoms with Gasteiger partial charge in [-0.2, -0.15) is 0 Å². The molecule has 1 aliphatic rings. The van der Waals surface area contributed by atoms with Crippen molar-refractivity contribution in [2.75, 3.05) is 13.1 Å². The quantitative estimate of drug-likeness (QED) is 0.741. The van der Waals surface area contributed by atoms with Gasteiger partial charge in [-0.05, 0) is 44.3 Å². The zero-order chi connectivity index (χ0) is 13.7. The molecule has 0 spiro atoms. The minimum atomic E-state index is 0.777. The molecule has 0 amide bonds. The summed E-state index contributed by atoms with van der Waals surface area (Å²) in [6, 6.07) is 2.90. The zero-order valence-corrected chi connectivity index (χ0v) is 12.6. The molecule has 0 bridgehead atoms. The van der Waals surface area contributed by atoms with Crippen LogP contribution in [0, 0.1) is 5.92 Å². The first-order valence-electron chi connectivity index (χ1n) is 7.70. The van der Waals surface area contributed by atoms with E-state index in [0.29, 0.717) is 0 Å². The molecule has 1 fully saturated rings. The smallest absolute Gasteiger partial charge is 0.122 e. The van der Waals surface area contributed by atoms with E-state index >= 15 is 0 Å². The van der Waals surface area contributed by atoms with E-state index in [1.54, 1.807) is 0 Å². The van der Waals surface area contributed by atoms with Crippen LogP contribution in [0.25, 0.3) is 0 Å². The molecule has 3 nitrogen and oxygen atoms in total. The predicted molar refractivity (Wildman–Crippen MR) is 79.0 cm³/mol. The Bertz CT molecular complexity index is 369. The van der Waals surface area contributed by atoms with Crippen molar-refractivity contribution in [1.29, 1.82) is 0 Å². The average molecular weight is 264 g/mol. The molecule has 0 unspecified atom stereocenters. The van der Waals surface area contributed by atoms with E-state index in [4.69, 9.17) is 4.42 Å². The molecular weight excluding hydrogens is 236 g/mol. The molecule has 1 aromatic heterocycles. The Balaban J connectivity index is 1.90. The lowest BCUT2D eigenvalue weighted by Gasteiger charge is -2.22. The Morgan fingerprint density at radius 2 is 2.21 bits per heavy atom. The fourth-order valence-corrected chi connectivity index (χ4v) is 2.36. The van der Waals surface area contributed by atoms with Crippen LogP contribution in [-0.4, -0.2) is 24.0 Å². The highest BCUT2D eigenvalue weighted by Gasteiger charge is 2.29. The van der Waals surface area contributed by atoms with Crippen molar-refractivity contribution in [3.05, 3.63) is 23.7 Å². The number of nitrogens with one attached hydrogen (secondary N) is 1. The second kappa shape index (κ2) is 7.11. The normalized spacial score (nSPS) is 15.6. The van der Waals surface area contributed by atoms with Crippen molar-refractivity contribution in [3.63, 3.8) is 0 Å². The van der Waals surface area contributed by atoms with Crippen LogP contribution in [0.15, 0.2) is 16.7 Å². The fourth-order valence-electron chi connectivity index (χ4n) is 2.36. The molecular formula is C16H28N2O. The van der Waals surface area contributed by atoms with Gasteiger partial charge in [0.1, 0.15) is 5.76 Å². The summed E-state index contributed by atoms with van der Waals surface area (Å²) in [5.41, 5.74) is 1.32. The number of nitrogens with zero attached hydrogens (tertiary/aromatic N) is 1. The van der Waals surface area contributed by atoms with E-state index in [-0.39, 0.29) is 0 Å². The van der Waals surface area contributed by atoms with Gasteiger partial charge in [-0.3, -0.25) is 4.90 Å². The lowest BCUT2D eigenvalue weighted by molar-refractivity contribution is 0.220. The third-order valence-electron chi connectivity index (χ3n) is 3.81. The maximum Gasteiger partial charge on any atom is 0.122 e. The molecule has 108 valence electrons. The van der Waals surface area contributed by atoms with E-state index in [9.17, 15) is 0 Å². The van der Waals surface area contributed by atoms with E-state index in [1.807, 2.05) is 6.26 Å². The first kappa shape index (κ1) is 14.6. The maximum absolute atomic E-state index is 5.70. The first-order chi connectivity index (χ1) is 9.20. The molecule has 19 heavy (non-hydrogen) atoms. The first-order valence-corrected chi connectivity index (χ1v) is 7.70. The highest BCUT2D eigenvalue weighted by Crippen LogP contribution is 2.29. The summed E-state index contributed by atoms with van der Waals surface area (Å²) >= 11 is 0. The van der Waals surface area contributed by atoms with Crippen molar-refractivity contribution >= 4 is 0 Å². The Morgan fingerprint density at radius 3 is 2.84 bits per heavy atom. The van der Waals surface area contributed by atoms with Gasteiger partial charge in [0.05, 0.1) is 12.8 Å². The summed E-state index contributed by atoms with van der Waals surface area (Å²) in [6.07, 6.45) is 5.83. The number of hydrogen-bond acceptors (Lipinski definition) is 3. The van der Waals surface area contributed by atoms with Gasteiger partial charge in [-0.1, -0.05) is 20.8 Å². The molecule has 2 rings (SSSR count). The van der Waals surface area contributed by atoms with Crippen molar-refractivity contribution in [3.8, 4) is 0 Å². The Kier molecular flexibility index (Phi) is 5.46. The maximum atomic E-state index is 5.70. The van der Waals surface area contributed by atoms with Crippen LogP contribution in [0.2, 0.25) is 0 Å². The van der Waals surface area contributed by atoms with E-state index < -0.39 is 0 Å². The topological polar surface area (TPSA) is 28.4 Å². The lowest BCUT2D eigenvalue weighted by Crippen LogP contribution is -2.28. The predicted octanol–water partition coefficient (Wildman–Crippen LogP) is 3.40. The van der Waals surface area contributed by atoms with Gasteiger partial charge >= 0.3 is 0 Å². The molecule has 0 aliphatic heterocycles. The summed E-state index contributed by atoms with van der Waals surface area (Å²) in [5.74, 6) is 1.93. The lowest BCUT2D eigenvalue weighted by atomic mass is 10.1. The van der Waals surface area contributed by atoms with Crippen LogP contribution in [0.1, 0.15) is 51.4 Å². The monoisotopic (exact) mass is 264 g/mol. The van der Waals surface area contributed by atoms with Crippen LogP contribution in [0.4, 0.5) is 0 Å². The summed E-state index contributed by atoms with van der Waals surface area (Å²) in [4.78, 5) is 2.61. The van der Waals surface area contributed by atoms with Crippen LogP contribution in [0.5, 0.6) is 0 Å². The van der Waals surface area contributed by atoms with Crippen LogP contribution < -0.4 is 5.32 Å². The number of furan rings is 1. The van der Waals surface area contributed by atoms with Gasteiger partial charge in [-0.25, -0.2) is 0 Å². The van der Waals surface area contributed by atoms with Crippen LogP contribution in [0.3, 0.4) is 0 Å². The second-order valence-corrected chi connectivity index (χ2v) is 6.03. The largest absolute Gasteiger partial charge is 0.468 e. The van der Waals surface area contributed by atoms with E-state index in [2.05, 4.69) is 37.1 Å². The molecule has 3 heteroatoms. The molecule has 0 radical (unpaired) electrons. The minimum Gasteiger partial charge on any atom is -0.468 e. The molecule has 0 atom stereocenters. The third-order valence-corrected chi connectivity index (χ3v) is 3.81. The van der Waals surface area contributed by atoms with Crippen molar-refractivity contribution < 1.29 is 4.42 Å². The standard InChI is InChI=1S/C16H28N2O/c1-4-17-11-14-8-10-19-16(14)12-18(15-5-6-15)9-7-13(2)3/h8,10,13,15,17H,4-7,9,11-12H2,1-3H3. The van der Waals surface area contributed by atoms with Crippen molar-refractivity contribution in [1.82, 2.24) is 10.2 Å². The Labute approximate surface area is 117 Å². The minimum absolute atomic E-state index is 0.777. The van der Waals surface area contributed by atoms with Gasteiger partial charge in [0, 0.05) is 18.2 Å². The van der Waals surface area contributed by atoms with Crippen LogP contribution >= 0.6 is 0 Å². The molecule has 1 N–H and O–H groups in total. The summed E-state index contributed by atoms with van der Waals surface area (Å²) in [7, 11) is 0. The molecule has 0 aromatic carbocycles. The number of rotatable bonds is 9. The summed E-state index contributed by atoms with van der Waals surface area (Å²) in [5, 5.41) is 3.38. The summed E-state index contributed by atoms with van der Waals surface area (Å²) in [6.45, 7) is 10.8. The molecule has 1 aliphatic carbocycles. The molecule has 1 saturated carbocycles. The average Bonchev–Trinajstić information content (AvgIpc) is 3.13. The van der Waals surface area contributed by atoms with E-state index in [1.165, 1.54) is 31.4 Å². The zero-order valence-electron chi connectivity index (χ0n) is 12.6. The third kappa shape index (κ3) is 4.66. The van der Waals surface area contributed by atoms with Gasteiger partial charge < -0.3 is 9.73 Å². The molecule has 0 saturated heterocycles. The highest BCUT2D eigenvalue weighted by atomic mass is 16.3. The SMILES string of the molecule is CCNCc1ccoc1CN(CCC(C)C)C1CC1. The van der Waals surface area contributed by atoms with Gasteiger partial charge in [0.25, 0.3) is 0 Å². The highest BCUT2D eigenvalue weighted by molar-refractivity contribution is 5.17.